The lowest BCUT2D eigenvalue weighted by Gasteiger charge is -2.37. The molecule has 1 aromatic heterocycles. The molecule has 0 unspecified atom stereocenters. The molecule has 3 fully saturated rings. The number of carbonyl (C=O) groups excluding carboxylic acids is 1. The standard InChI is InChI=1S/C18H21N5O2S/c19-16-20-21-17(26-16)22-10-8-18(9-11-22)15(24)23-13(6-7-14(23)25-18)12-4-2-1-3-5-12/h1-5,13-14H,6-11H2,(H2,19,20)/t13-,14+/m0/s1. The highest BCUT2D eigenvalue weighted by Gasteiger charge is 2.58. The first kappa shape index (κ1) is 16.0. The number of benzene rings is 1. The number of amides is 1. The number of piperidine rings is 1. The number of nitrogens with zero attached hydrogens (tertiary/aromatic N) is 4. The minimum atomic E-state index is -0.676. The van der Waals surface area contributed by atoms with Crippen LogP contribution in [0.2, 0.25) is 0 Å². The van der Waals surface area contributed by atoms with Crippen LogP contribution in [0.5, 0.6) is 0 Å². The van der Waals surface area contributed by atoms with Crippen molar-refractivity contribution < 1.29 is 9.53 Å². The summed E-state index contributed by atoms with van der Waals surface area (Å²) in [5.74, 6) is 0.158. The van der Waals surface area contributed by atoms with Crippen LogP contribution in [-0.2, 0) is 9.53 Å². The lowest BCUT2D eigenvalue weighted by atomic mass is 9.90. The van der Waals surface area contributed by atoms with Crippen molar-refractivity contribution in [3.8, 4) is 0 Å². The number of hydrogen-bond donors (Lipinski definition) is 1. The first-order valence-electron chi connectivity index (χ1n) is 9.06. The van der Waals surface area contributed by atoms with Crippen molar-refractivity contribution in [2.24, 2.45) is 0 Å². The molecule has 2 aromatic rings. The monoisotopic (exact) mass is 371 g/mol. The van der Waals surface area contributed by atoms with Crippen molar-refractivity contribution in [2.45, 2.75) is 43.6 Å². The van der Waals surface area contributed by atoms with Gasteiger partial charge in [-0.1, -0.05) is 41.7 Å². The highest BCUT2D eigenvalue weighted by molar-refractivity contribution is 7.18. The van der Waals surface area contributed by atoms with E-state index in [4.69, 9.17) is 10.5 Å². The van der Waals surface area contributed by atoms with E-state index in [0.29, 0.717) is 18.0 Å². The summed E-state index contributed by atoms with van der Waals surface area (Å²) < 4.78 is 6.36. The lowest BCUT2D eigenvalue weighted by Crippen LogP contribution is -2.50. The van der Waals surface area contributed by atoms with E-state index < -0.39 is 5.60 Å². The molecule has 2 atom stereocenters. The minimum Gasteiger partial charge on any atom is -0.374 e. The third kappa shape index (κ3) is 2.39. The smallest absolute Gasteiger partial charge is 0.257 e. The van der Waals surface area contributed by atoms with Gasteiger partial charge in [0, 0.05) is 25.9 Å². The van der Waals surface area contributed by atoms with Gasteiger partial charge in [-0.25, -0.2) is 0 Å². The molecule has 2 N–H and O–H groups in total. The van der Waals surface area contributed by atoms with Gasteiger partial charge in [-0.3, -0.25) is 4.79 Å². The largest absolute Gasteiger partial charge is 0.374 e. The SMILES string of the molecule is Nc1nnc(N2CCC3(CC2)O[C@@H]2CC[C@@H](c4ccccc4)N2C3=O)s1. The van der Waals surface area contributed by atoms with Crippen molar-refractivity contribution in [3.63, 3.8) is 0 Å². The zero-order valence-corrected chi connectivity index (χ0v) is 15.2. The van der Waals surface area contributed by atoms with Crippen LogP contribution in [0.1, 0.15) is 37.3 Å². The molecule has 3 aliphatic rings. The Morgan fingerprint density at radius 2 is 1.92 bits per heavy atom. The average Bonchev–Trinajstić information content (AvgIpc) is 3.34. The number of anilines is 2. The zero-order valence-electron chi connectivity index (χ0n) is 14.4. The Balaban J connectivity index is 1.34. The van der Waals surface area contributed by atoms with E-state index in [1.54, 1.807) is 0 Å². The van der Waals surface area contributed by atoms with Crippen LogP contribution in [-0.4, -0.2) is 45.9 Å². The Bertz CT molecular complexity index is 818. The molecule has 3 saturated heterocycles. The molecule has 5 rings (SSSR count). The van der Waals surface area contributed by atoms with Crippen LogP contribution in [0.25, 0.3) is 0 Å². The van der Waals surface area contributed by atoms with Gasteiger partial charge < -0.3 is 20.3 Å². The summed E-state index contributed by atoms with van der Waals surface area (Å²) in [6.45, 7) is 1.47. The Hall–Kier alpha value is -2.19. The van der Waals surface area contributed by atoms with Crippen LogP contribution in [0.3, 0.4) is 0 Å². The Morgan fingerprint density at radius 1 is 1.15 bits per heavy atom. The maximum atomic E-state index is 13.3. The van der Waals surface area contributed by atoms with Crippen LogP contribution in [0.15, 0.2) is 30.3 Å². The quantitative estimate of drug-likeness (QED) is 0.871. The van der Waals surface area contributed by atoms with Gasteiger partial charge in [-0.05, 0) is 18.4 Å². The van der Waals surface area contributed by atoms with Gasteiger partial charge in [0.15, 0.2) is 5.60 Å². The van der Waals surface area contributed by atoms with E-state index in [2.05, 4.69) is 27.2 Å². The van der Waals surface area contributed by atoms with Gasteiger partial charge in [0.25, 0.3) is 5.91 Å². The van der Waals surface area contributed by atoms with Gasteiger partial charge in [-0.2, -0.15) is 0 Å². The predicted molar refractivity (Wildman–Crippen MR) is 98.6 cm³/mol. The molecule has 0 bridgehead atoms. The second-order valence-electron chi connectivity index (χ2n) is 7.19. The summed E-state index contributed by atoms with van der Waals surface area (Å²) in [4.78, 5) is 17.5. The Morgan fingerprint density at radius 3 is 2.62 bits per heavy atom. The second-order valence-corrected chi connectivity index (χ2v) is 8.18. The molecular weight excluding hydrogens is 350 g/mol. The molecule has 1 aromatic carbocycles. The first-order chi connectivity index (χ1) is 12.7. The molecule has 4 heterocycles. The second kappa shape index (κ2) is 5.92. The van der Waals surface area contributed by atoms with E-state index >= 15 is 0 Å². The number of nitrogens with two attached hydrogens (primary N) is 1. The summed E-state index contributed by atoms with van der Waals surface area (Å²) >= 11 is 1.39. The zero-order chi connectivity index (χ0) is 17.7. The number of rotatable bonds is 2. The summed E-state index contributed by atoms with van der Waals surface area (Å²) in [7, 11) is 0. The predicted octanol–water partition coefficient (Wildman–Crippen LogP) is 2.18. The molecular formula is C18H21N5O2S. The summed E-state index contributed by atoms with van der Waals surface area (Å²) in [5, 5.41) is 9.30. The summed E-state index contributed by atoms with van der Waals surface area (Å²) in [5.41, 5.74) is 6.21. The molecule has 7 nitrogen and oxygen atoms in total. The topological polar surface area (TPSA) is 84.6 Å². The Labute approximate surface area is 155 Å². The minimum absolute atomic E-state index is 0.0866. The van der Waals surface area contributed by atoms with E-state index in [0.717, 1.165) is 31.1 Å². The molecule has 3 aliphatic heterocycles. The average molecular weight is 371 g/mol. The van der Waals surface area contributed by atoms with Gasteiger partial charge >= 0.3 is 0 Å². The maximum absolute atomic E-state index is 13.3. The third-order valence-corrected chi connectivity index (χ3v) is 6.59. The normalized spacial score (nSPS) is 27.3. The van der Waals surface area contributed by atoms with E-state index in [1.807, 2.05) is 23.1 Å². The van der Waals surface area contributed by atoms with Gasteiger partial charge in [0.1, 0.15) is 6.23 Å². The van der Waals surface area contributed by atoms with Gasteiger partial charge in [-0.15, -0.1) is 10.2 Å². The van der Waals surface area contributed by atoms with Crippen molar-refractivity contribution in [1.82, 2.24) is 15.1 Å². The number of nitrogen functional groups attached to an aromatic ring is 1. The summed E-state index contributed by atoms with van der Waals surface area (Å²) in [6.07, 6.45) is 3.15. The molecule has 26 heavy (non-hydrogen) atoms. The van der Waals surface area contributed by atoms with Crippen molar-refractivity contribution >= 4 is 27.5 Å². The molecule has 1 spiro atoms. The van der Waals surface area contributed by atoms with Crippen LogP contribution < -0.4 is 10.6 Å². The molecule has 8 heteroatoms. The fourth-order valence-electron chi connectivity index (χ4n) is 4.46. The van der Waals surface area contributed by atoms with Crippen LogP contribution >= 0.6 is 11.3 Å². The number of aromatic nitrogens is 2. The molecule has 136 valence electrons. The van der Waals surface area contributed by atoms with E-state index in [-0.39, 0.29) is 18.2 Å². The van der Waals surface area contributed by atoms with Crippen LogP contribution in [0.4, 0.5) is 10.3 Å². The van der Waals surface area contributed by atoms with Crippen molar-refractivity contribution in [1.29, 1.82) is 0 Å². The highest BCUT2D eigenvalue weighted by Crippen LogP contribution is 2.47. The molecule has 0 aliphatic carbocycles. The molecule has 1 amide bonds. The van der Waals surface area contributed by atoms with Gasteiger partial charge in [0.05, 0.1) is 6.04 Å². The van der Waals surface area contributed by atoms with Crippen molar-refractivity contribution in [2.75, 3.05) is 23.7 Å². The van der Waals surface area contributed by atoms with Crippen LogP contribution in [0, 0.1) is 0 Å². The number of fused-ring (bicyclic) bond motifs is 1. The lowest BCUT2D eigenvalue weighted by molar-refractivity contribution is -0.140. The number of hydrogen-bond acceptors (Lipinski definition) is 7. The maximum Gasteiger partial charge on any atom is 0.257 e. The Kier molecular flexibility index (Phi) is 3.65. The van der Waals surface area contributed by atoms with Crippen molar-refractivity contribution in [3.05, 3.63) is 35.9 Å². The number of carbonyl (C=O) groups is 1. The fraction of sp³-hybridized carbons (Fsp3) is 0.500. The number of ether oxygens (including phenoxy) is 1. The molecule has 0 radical (unpaired) electrons. The molecule has 0 saturated carbocycles. The van der Waals surface area contributed by atoms with E-state index in [1.165, 1.54) is 16.9 Å². The van der Waals surface area contributed by atoms with E-state index in [9.17, 15) is 4.79 Å². The summed E-state index contributed by atoms with van der Waals surface area (Å²) in [6, 6.07) is 10.4. The third-order valence-electron chi connectivity index (χ3n) is 5.77. The fourth-order valence-corrected chi connectivity index (χ4v) is 5.12. The van der Waals surface area contributed by atoms with Gasteiger partial charge in [0.2, 0.25) is 10.3 Å². The first-order valence-corrected chi connectivity index (χ1v) is 9.87. The highest BCUT2D eigenvalue weighted by atomic mass is 32.1.